The van der Waals surface area contributed by atoms with Crippen molar-refractivity contribution in [2.75, 3.05) is 6.54 Å². The quantitative estimate of drug-likeness (QED) is 0.857. The molecule has 3 N–H and O–H groups in total. The van der Waals surface area contributed by atoms with Gasteiger partial charge < -0.3 is 10.6 Å². The van der Waals surface area contributed by atoms with Crippen LogP contribution in [-0.4, -0.2) is 44.6 Å². The maximum Gasteiger partial charge on any atom is 0.293 e. The standard InChI is InChI=1S/C14H25N5O/c1-9(15)10-7-5-6-8-19(10)12(20)11-16-13(18-17-11)14(2,3)4/h9-10H,5-8,15H2,1-4H3,(H,16,17,18). The lowest BCUT2D eigenvalue weighted by Gasteiger charge is -2.37. The summed E-state index contributed by atoms with van der Waals surface area (Å²) in [5, 5.41) is 6.95. The summed E-state index contributed by atoms with van der Waals surface area (Å²) in [6.45, 7) is 8.80. The normalized spacial score (nSPS) is 21.9. The third kappa shape index (κ3) is 3.00. The van der Waals surface area contributed by atoms with Crippen molar-refractivity contribution >= 4 is 5.91 Å². The number of nitrogens with zero attached hydrogens (tertiary/aromatic N) is 3. The second-order valence-corrected chi connectivity index (χ2v) is 6.68. The molecule has 6 nitrogen and oxygen atoms in total. The van der Waals surface area contributed by atoms with E-state index in [4.69, 9.17) is 5.73 Å². The molecular formula is C14H25N5O. The number of hydrogen-bond donors (Lipinski definition) is 2. The highest BCUT2D eigenvalue weighted by Gasteiger charge is 2.32. The van der Waals surface area contributed by atoms with Crippen LogP contribution < -0.4 is 5.73 Å². The molecule has 112 valence electrons. The Balaban J connectivity index is 2.19. The highest BCUT2D eigenvalue weighted by atomic mass is 16.2. The van der Waals surface area contributed by atoms with Crippen LogP contribution in [0, 0.1) is 0 Å². The molecule has 1 amide bonds. The van der Waals surface area contributed by atoms with Crippen LogP contribution in [0.1, 0.15) is 63.4 Å². The predicted octanol–water partition coefficient (Wildman–Crippen LogP) is 1.44. The lowest BCUT2D eigenvalue weighted by molar-refractivity contribution is 0.0571. The van der Waals surface area contributed by atoms with Gasteiger partial charge in [-0.25, -0.2) is 4.98 Å². The Hall–Kier alpha value is -1.43. The Morgan fingerprint density at radius 1 is 1.45 bits per heavy atom. The SMILES string of the molecule is CC(N)C1CCCCN1C(=O)c1n[nH]c(C(C)(C)C)n1. The number of aromatic amines is 1. The first-order chi connectivity index (χ1) is 9.30. The molecule has 20 heavy (non-hydrogen) atoms. The van der Waals surface area contributed by atoms with E-state index in [1.807, 2.05) is 32.6 Å². The van der Waals surface area contributed by atoms with Gasteiger partial charge in [-0.3, -0.25) is 9.89 Å². The number of carbonyl (C=O) groups excluding carboxylic acids is 1. The molecule has 0 spiro atoms. The smallest absolute Gasteiger partial charge is 0.293 e. The van der Waals surface area contributed by atoms with Crippen molar-refractivity contribution < 1.29 is 4.79 Å². The molecule has 1 saturated heterocycles. The second kappa shape index (κ2) is 5.52. The largest absolute Gasteiger partial charge is 0.331 e. The third-order valence-corrected chi connectivity index (χ3v) is 3.80. The zero-order valence-electron chi connectivity index (χ0n) is 12.8. The van der Waals surface area contributed by atoms with Gasteiger partial charge in [-0.2, -0.15) is 0 Å². The van der Waals surface area contributed by atoms with Crippen LogP contribution in [0.4, 0.5) is 0 Å². The number of aromatic nitrogens is 3. The lowest BCUT2D eigenvalue weighted by atomic mass is 9.96. The van der Waals surface area contributed by atoms with Gasteiger partial charge in [0.1, 0.15) is 5.82 Å². The zero-order chi connectivity index (χ0) is 14.9. The van der Waals surface area contributed by atoms with Crippen molar-refractivity contribution in [1.29, 1.82) is 0 Å². The van der Waals surface area contributed by atoms with Crippen molar-refractivity contribution in [3.05, 3.63) is 11.6 Å². The van der Waals surface area contributed by atoms with Crippen LogP contribution in [0.15, 0.2) is 0 Å². The Morgan fingerprint density at radius 3 is 2.70 bits per heavy atom. The van der Waals surface area contributed by atoms with Gasteiger partial charge >= 0.3 is 0 Å². The molecule has 1 fully saturated rings. The Bertz CT molecular complexity index is 474. The predicted molar refractivity (Wildman–Crippen MR) is 77.4 cm³/mol. The van der Waals surface area contributed by atoms with Crippen LogP contribution in [0.5, 0.6) is 0 Å². The molecule has 0 aliphatic carbocycles. The van der Waals surface area contributed by atoms with Crippen LogP contribution in [0.3, 0.4) is 0 Å². The van der Waals surface area contributed by atoms with E-state index in [1.165, 1.54) is 0 Å². The maximum atomic E-state index is 12.6. The fraction of sp³-hybridized carbons (Fsp3) is 0.786. The monoisotopic (exact) mass is 279 g/mol. The molecule has 1 aromatic heterocycles. The van der Waals surface area contributed by atoms with E-state index in [-0.39, 0.29) is 29.2 Å². The topological polar surface area (TPSA) is 87.9 Å². The number of piperidine rings is 1. The van der Waals surface area contributed by atoms with Crippen LogP contribution in [-0.2, 0) is 5.41 Å². The summed E-state index contributed by atoms with van der Waals surface area (Å²) < 4.78 is 0. The van der Waals surface area contributed by atoms with Crippen molar-refractivity contribution in [3.63, 3.8) is 0 Å². The van der Waals surface area contributed by atoms with Gasteiger partial charge in [-0.05, 0) is 26.2 Å². The fourth-order valence-corrected chi connectivity index (χ4v) is 2.58. The number of amides is 1. The molecule has 1 aromatic rings. The summed E-state index contributed by atoms with van der Waals surface area (Å²) in [7, 11) is 0. The Labute approximate surface area is 120 Å². The lowest BCUT2D eigenvalue weighted by Crippen LogP contribution is -2.51. The summed E-state index contributed by atoms with van der Waals surface area (Å²) in [5.74, 6) is 0.872. The molecule has 0 radical (unpaired) electrons. The number of nitrogens with one attached hydrogen (secondary N) is 1. The van der Waals surface area contributed by atoms with E-state index >= 15 is 0 Å². The molecule has 1 aliphatic heterocycles. The fourth-order valence-electron chi connectivity index (χ4n) is 2.58. The molecule has 2 rings (SSSR count). The first-order valence-corrected chi connectivity index (χ1v) is 7.30. The number of rotatable bonds is 2. The average Bonchev–Trinajstić information content (AvgIpc) is 2.87. The number of likely N-dealkylation sites (tertiary alicyclic amines) is 1. The highest BCUT2D eigenvalue weighted by molar-refractivity contribution is 5.90. The summed E-state index contributed by atoms with van der Waals surface area (Å²) in [5.41, 5.74) is 5.86. The minimum absolute atomic E-state index is 0.0275. The summed E-state index contributed by atoms with van der Waals surface area (Å²) in [4.78, 5) is 18.8. The molecule has 0 saturated carbocycles. The van der Waals surface area contributed by atoms with Crippen molar-refractivity contribution in [2.45, 2.75) is 64.5 Å². The zero-order valence-corrected chi connectivity index (χ0v) is 12.8. The van der Waals surface area contributed by atoms with Gasteiger partial charge in [0.05, 0.1) is 0 Å². The molecule has 0 aromatic carbocycles. The van der Waals surface area contributed by atoms with E-state index in [2.05, 4.69) is 15.2 Å². The Morgan fingerprint density at radius 2 is 2.15 bits per heavy atom. The van der Waals surface area contributed by atoms with Crippen LogP contribution >= 0.6 is 0 Å². The van der Waals surface area contributed by atoms with Crippen LogP contribution in [0.25, 0.3) is 0 Å². The van der Waals surface area contributed by atoms with Gasteiger partial charge in [0.15, 0.2) is 0 Å². The molecule has 2 atom stereocenters. The van der Waals surface area contributed by atoms with Crippen LogP contribution in [0.2, 0.25) is 0 Å². The van der Waals surface area contributed by atoms with E-state index < -0.39 is 0 Å². The van der Waals surface area contributed by atoms with Gasteiger partial charge in [0, 0.05) is 24.0 Å². The number of nitrogens with two attached hydrogens (primary N) is 1. The average molecular weight is 279 g/mol. The highest BCUT2D eigenvalue weighted by Crippen LogP contribution is 2.22. The molecule has 2 heterocycles. The van der Waals surface area contributed by atoms with Gasteiger partial charge in [0.2, 0.25) is 5.82 Å². The Kier molecular flexibility index (Phi) is 4.13. The summed E-state index contributed by atoms with van der Waals surface area (Å²) in [6, 6.07) is 0.0631. The number of hydrogen-bond acceptors (Lipinski definition) is 4. The van der Waals surface area contributed by atoms with Crippen molar-refractivity contribution in [2.24, 2.45) is 5.73 Å². The maximum absolute atomic E-state index is 12.6. The molecule has 6 heteroatoms. The van der Waals surface area contributed by atoms with Gasteiger partial charge in [0.25, 0.3) is 5.91 Å². The van der Waals surface area contributed by atoms with E-state index in [0.29, 0.717) is 0 Å². The minimum Gasteiger partial charge on any atom is -0.331 e. The van der Waals surface area contributed by atoms with Crippen molar-refractivity contribution in [3.8, 4) is 0 Å². The summed E-state index contributed by atoms with van der Waals surface area (Å²) >= 11 is 0. The first-order valence-electron chi connectivity index (χ1n) is 7.30. The molecule has 2 unspecified atom stereocenters. The van der Waals surface area contributed by atoms with Crippen molar-refractivity contribution in [1.82, 2.24) is 20.1 Å². The number of H-pyrrole nitrogens is 1. The number of carbonyl (C=O) groups is 1. The second-order valence-electron chi connectivity index (χ2n) is 6.68. The molecule has 1 aliphatic rings. The molecular weight excluding hydrogens is 254 g/mol. The van der Waals surface area contributed by atoms with E-state index in [9.17, 15) is 4.79 Å². The first kappa shape index (κ1) is 15.0. The minimum atomic E-state index is -0.145. The van der Waals surface area contributed by atoms with Gasteiger partial charge in [-0.1, -0.05) is 20.8 Å². The molecule has 0 bridgehead atoms. The third-order valence-electron chi connectivity index (χ3n) is 3.80. The summed E-state index contributed by atoms with van der Waals surface area (Å²) in [6.07, 6.45) is 3.10. The van der Waals surface area contributed by atoms with E-state index in [1.54, 1.807) is 0 Å². The van der Waals surface area contributed by atoms with E-state index in [0.717, 1.165) is 31.6 Å². The van der Waals surface area contributed by atoms with Gasteiger partial charge in [-0.15, -0.1) is 5.10 Å².